The minimum absolute atomic E-state index is 0.273. The van der Waals surface area contributed by atoms with E-state index in [1.165, 1.54) is 11.3 Å². The molecule has 1 aliphatic heterocycles. The van der Waals surface area contributed by atoms with E-state index < -0.39 is 5.91 Å². The van der Waals surface area contributed by atoms with Crippen molar-refractivity contribution in [2.45, 2.75) is 12.8 Å². The minimum Gasteiger partial charge on any atom is -0.454 e. The van der Waals surface area contributed by atoms with E-state index in [1.807, 2.05) is 18.2 Å². The second-order valence-corrected chi connectivity index (χ2v) is 8.59. The summed E-state index contributed by atoms with van der Waals surface area (Å²) in [4.78, 5) is 42.9. The summed E-state index contributed by atoms with van der Waals surface area (Å²) in [5, 5.41) is 6.27. The fraction of sp³-hybridized carbons (Fsp3) is 0.238. The molecule has 0 saturated carbocycles. The molecule has 1 fully saturated rings. The summed E-state index contributed by atoms with van der Waals surface area (Å²) >= 11 is 7.25. The highest BCUT2D eigenvalue weighted by Gasteiger charge is 2.47. The fourth-order valence-corrected chi connectivity index (χ4v) is 4.81. The molecule has 0 radical (unpaired) electrons. The van der Waals surface area contributed by atoms with E-state index in [0.717, 1.165) is 10.3 Å². The fourth-order valence-electron chi connectivity index (χ4n) is 3.91. The van der Waals surface area contributed by atoms with Crippen LogP contribution in [0.5, 0.6) is 0 Å². The molecule has 2 aromatic heterocycles. The molecule has 7 nitrogen and oxygen atoms in total. The highest BCUT2D eigenvalue weighted by molar-refractivity contribution is 7.14. The number of fused-ring (bicyclic) bond motifs is 2. The van der Waals surface area contributed by atoms with Gasteiger partial charge in [0.1, 0.15) is 17.8 Å². The number of rotatable bonds is 4. The number of allylic oxidation sites excluding steroid dienone is 2. The molecule has 152 valence electrons. The van der Waals surface area contributed by atoms with Crippen LogP contribution in [0.25, 0.3) is 22.4 Å². The molecule has 0 unspecified atom stereocenters. The lowest BCUT2D eigenvalue weighted by atomic mass is 9.85. The van der Waals surface area contributed by atoms with Crippen LogP contribution in [-0.2, 0) is 14.4 Å². The molecule has 3 heterocycles. The maximum absolute atomic E-state index is 12.5. The van der Waals surface area contributed by atoms with Crippen LogP contribution in [0, 0.1) is 11.8 Å². The van der Waals surface area contributed by atoms with Crippen molar-refractivity contribution in [3.05, 3.63) is 46.8 Å². The van der Waals surface area contributed by atoms with Crippen molar-refractivity contribution in [2.75, 3.05) is 11.9 Å². The molecule has 0 spiro atoms. The lowest BCUT2D eigenvalue weighted by molar-refractivity contribution is -0.142. The Hall–Kier alpha value is -2.97. The number of nitrogens with zero attached hydrogens (tertiary/aromatic N) is 2. The van der Waals surface area contributed by atoms with Gasteiger partial charge in [-0.1, -0.05) is 23.8 Å². The number of nitrogens with one attached hydrogen (secondary N) is 1. The molecule has 3 amide bonds. The van der Waals surface area contributed by atoms with Crippen molar-refractivity contribution in [1.82, 2.24) is 9.88 Å². The molecule has 30 heavy (non-hydrogen) atoms. The number of aromatic nitrogens is 1. The summed E-state index contributed by atoms with van der Waals surface area (Å²) in [6.45, 7) is -0.303. The first kappa shape index (κ1) is 19.0. The summed E-state index contributed by atoms with van der Waals surface area (Å²) in [5.41, 5.74) is 1.27. The zero-order valence-corrected chi connectivity index (χ0v) is 17.2. The molecule has 0 bridgehead atoms. The number of anilines is 1. The van der Waals surface area contributed by atoms with Crippen molar-refractivity contribution in [2.24, 2.45) is 11.8 Å². The van der Waals surface area contributed by atoms with Crippen LogP contribution in [0.1, 0.15) is 12.8 Å². The third kappa shape index (κ3) is 3.32. The molecule has 1 aliphatic carbocycles. The average Bonchev–Trinajstić information content (AvgIpc) is 3.42. The average molecular weight is 442 g/mol. The Kier molecular flexibility index (Phi) is 4.67. The number of hydrogen-bond donors (Lipinski definition) is 1. The number of likely N-dealkylation sites (tertiary alicyclic amines) is 1. The van der Waals surface area contributed by atoms with E-state index in [1.54, 1.807) is 23.6 Å². The minimum atomic E-state index is -0.458. The highest BCUT2D eigenvalue weighted by atomic mass is 35.5. The van der Waals surface area contributed by atoms with Gasteiger partial charge in [0.25, 0.3) is 0 Å². The molecule has 2 aliphatic rings. The zero-order chi connectivity index (χ0) is 20.8. The van der Waals surface area contributed by atoms with E-state index >= 15 is 0 Å². The molecule has 1 N–H and O–H groups in total. The predicted molar refractivity (Wildman–Crippen MR) is 113 cm³/mol. The monoisotopic (exact) mass is 441 g/mol. The van der Waals surface area contributed by atoms with Gasteiger partial charge in [-0.15, -0.1) is 11.3 Å². The normalized spacial score (nSPS) is 20.8. The first-order valence-electron chi connectivity index (χ1n) is 9.44. The van der Waals surface area contributed by atoms with Gasteiger partial charge in [0.15, 0.2) is 10.9 Å². The van der Waals surface area contributed by atoms with E-state index in [4.69, 9.17) is 16.0 Å². The SMILES string of the molecule is O=C(CN1C(=O)[C@H]2CC=CC[C@H]2C1=O)Nc1nc(-c2cc3cc(Cl)ccc3o2)cs1. The van der Waals surface area contributed by atoms with Crippen LogP contribution in [0.3, 0.4) is 0 Å². The third-order valence-corrected chi connectivity index (χ3v) is 6.37. The topological polar surface area (TPSA) is 92.5 Å². The second-order valence-electron chi connectivity index (χ2n) is 7.30. The highest BCUT2D eigenvalue weighted by Crippen LogP contribution is 2.35. The number of benzene rings is 1. The van der Waals surface area contributed by atoms with Crippen LogP contribution in [0.4, 0.5) is 5.13 Å². The number of furan rings is 1. The van der Waals surface area contributed by atoms with Crippen molar-refractivity contribution in [3.8, 4) is 11.5 Å². The van der Waals surface area contributed by atoms with Crippen molar-refractivity contribution < 1.29 is 18.8 Å². The van der Waals surface area contributed by atoms with Gasteiger partial charge < -0.3 is 9.73 Å². The molecule has 2 atom stereocenters. The van der Waals surface area contributed by atoms with Gasteiger partial charge in [0, 0.05) is 15.8 Å². The number of thiazole rings is 1. The summed E-state index contributed by atoms with van der Waals surface area (Å²) in [5.74, 6) is -1.13. The Morgan fingerprint density at radius 3 is 2.67 bits per heavy atom. The Balaban J connectivity index is 1.27. The quantitative estimate of drug-likeness (QED) is 0.486. The van der Waals surface area contributed by atoms with Gasteiger partial charge in [-0.05, 0) is 37.1 Å². The molecular formula is C21H16ClN3O4S. The Morgan fingerprint density at radius 1 is 1.20 bits per heavy atom. The number of halogens is 1. The van der Waals surface area contributed by atoms with E-state index in [9.17, 15) is 14.4 Å². The molecule has 1 aromatic carbocycles. The van der Waals surface area contributed by atoms with Crippen molar-refractivity contribution in [1.29, 1.82) is 0 Å². The third-order valence-electron chi connectivity index (χ3n) is 5.38. The number of carbonyl (C=O) groups is 3. The second kappa shape index (κ2) is 7.37. The lowest BCUT2D eigenvalue weighted by Crippen LogP contribution is -2.38. The van der Waals surface area contributed by atoms with Crippen LogP contribution in [-0.4, -0.2) is 34.2 Å². The summed E-state index contributed by atoms with van der Waals surface area (Å²) < 4.78 is 5.79. The largest absolute Gasteiger partial charge is 0.454 e. The van der Waals surface area contributed by atoms with Crippen LogP contribution >= 0.6 is 22.9 Å². The Morgan fingerprint density at radius 2 is 1.93 bits per heavy atom. The molecular weight excluding hydrogens is 426 g/mol. The predicted octanol–water partition coefficient (Wildman–Crippen LogP) is 4.10. The van der Waals surface area contributed by atoms with Gasteiger partial charge in [0.2, 0.25) is 17.7 Å². The molecule has 5 rings (SSSR count). The van der Waals surface area contributed by atoms with Crippen LogP contribution < -0.4 is 5.32 Å². The van der Waals surface area contributed by atoms with Crippen molar-refractivity contribution in [3.63, 3.8) is 0 Å². The summed E-state index contributed by atoms with van der Waals surface area (Å²) in [6, 6.07) is 7.17. The van der Waals surface area contributed by atoms with Crippen LogP contribution in [0.2, 0.25) is 5.02 Å². The maximum Gasteiger partial charge on any atom is 0.246 e. The van der Waals surface area contributed by atoms with Gasteiger partial charge in [-0.25, -0.2) is 4.98 Å². The van der Waals surface area contributed by atoms with Gasteiger partial charge >= 0.3 is 0 Å². The summed E-state index contributed by atoms with van der Waals surface area (Å²) in [6.07, 6.45) is 4.93. The van der Waals surface area contributed by atoms with Gasteiger partial charge in [-0.3, -0.25) is 19.3 Å². The first-order chi connectivity index (χ1) is 14.5. The Bertz CT molecular complexity index is 1190. The smallest absolute Gasteiger partial charge is 0.246 e. The molecule has 1 saturated heterocycles. The maximum atomic E-state index is 12.5. The van der Waals surface area contributed by atoms with Gasteiger partial charge in [0.05, 0.1) is 11.8 Å². The number of hydrogen-bond acceptors (Lipinski definition) is 6. The molecule has 3 aromatic rings. The Labute approximate surface area is 180 Å². The number of amides is 3. The van der Waals surface area contributed by atoms with Crippen LogP contribution in [0.15, 0.2) is 46.2 Å². The van der Waals surface area contributed by atoms with E-state index in [-0.39, 0.29) is 30.2 Å². The summed E-state index contributed by atoms with van der Waals surface area (Å²) in [7, 11) is 0. The molecule has 9 heteroatoms. The zero-order valence-electron chi connectivity index (χ0n) is 15.6. The first-order valence-corrected chi connectivity index (χ1v) is 10.7. The van der Waals surface area contributed by atoms with E-state index in [0.29, 0.717) is 40.0 Å². The van der Waals surface area contributed by atoms with Gasteiger partial charge in [-0.2, -0.15) is 0 Å². The lowest BCUT2D eigenvalue weighted by Gasteiger charge is -2.14. The van der Waals surface area contributed by atoms with E-state index in [2.05, 4.69) is 10.3 Å². The standard InChI is InChI=1S/C21H16ClN3O4S/c22-12-5-6-16-11(7-12)8-17(29-16)15-10-30-21(23-15)24-18(26)9-25-19(27)13-3-1-2-4-14(13)20(25)28/h1-2,5-8,10,13-14H,3-4,9H2,(H,23,24,26)/t13-,14+. The number of imide groups is 1. The number of carbonyl (C=O) groups excluding carboxylic acids is 3. The van der Waals surface area contributed by atoms with Crippen molar-refractivity contribution >= 4 is 56.8 Å².